The topological polar surface area (TPSA) is 73.6 Å². The SMILES string of the molecule is COc1cccc(C(=O)/C(=C\c2cccc3c(=O)cc(C)oc23)C(C)=O)c1. The second-order valence-corrected chi connectivity index (χ2v) is 6.12. The summed E-state index contributed by atoms with van der Waals surface area (Å²) in [5, 5.41) is 0.395. The lowest BCUT2D eigenvalue weighted by Gasteiger charge is -2.07. The van der Waals surface area contributed by atoms with Crippen molar-refractivity contribution < 1.29 is 18.7 Å². The minimum atomic E-state index is -0.423. The van der Waals surface area contributed by atoms with Gasteiger partial charge < -0.3 is 9.15 Å². The molecule has 0 fully saturated rings. The van der Waals surface area contributed by atoms with Crippen molar-refractivity contribution in [3.8, 4) is 5.75 Å². The molecule has 1 heterocycles. The van der Waals surface area contributed by atoms with Crippen LogP contribution in [0.5, 0.6) is 5.75 Å². The lowest BCUT2D eigenvalue weighted by molar-refractivity contribution is -0.113. The summed E-state index contributed by atoms with van der Waals surface area (Å²) in [7, 11) is 1.51. The molecule has 0 saturated heterocycles. The fourth-order valence-corrected chi connectivity index (χ4v) is 2.83. The van der Waals surface area contributed by atoms with Gasteiger partial charge in [0.1, 0.15) is 17.1 Å². The number of para-hydroxylation sites is 1. The molecular formula is C22H18O5. The molecule has 3 aromatic rings. The number of Topliss-reactive ketones (excluding diaryl/α,β-unsaturated/α-hetero) is 2. The quantitative estimate of drug-likeness (QED) is 0.297. The van der Waals surface area contributed by atoms with E-state index in [0.29, 0.717) is 33.6 Å². The molecule has 0 unspecified atom stereocenters. The maximum absolute atomic E-state index is 12.9. The van der Waals surface area contributed by atoms with Crippen molar-refractivity contribution in [1.29, 1.82) is 0 Å². The zero-order chi connectivity index (χ0) is 19.6. The Hall–Kier alpha value is -3.47. The number of carbonyl (C=O) groups is 2. The molecule has 136 valence electrons. The predicted octanol–water partition coefficient (Wildman–Crippen LogP) is 3.97. The highest BCUT2D eigenvalue weighted by Crippen LogP contribution is 2.23. The molecule has 0 saturated carbocycles. The van der Waals surface area contributed by atoms with Gasteiger partial charge in [-0.3, -0.25) is 14.4 Å². The van der Waals surface area contributed by atoms with Crippen LogP contribution in [0.1, 0.15) is 28.6 Å². The van der Waals surface area contributed by atoms with Gasteiger partial charge in [-0.1, -0.05) is 24.3 Å². The van der Waals surface area contributed by atoms with E-state index >= 15 is 0 Å². The lowest BCUT2D eigenvalue weighted by atomic mass is 9.97. The Kier molecular flexibility index (Phi) is 5.03. The molecule has 0 amide bonds. The Morgan fingerprint density at radius 2 is 1.81 bits per heavy atom. The summed E-state index contributed by atoms with van der Waals surface area (Å²) in [5.41, 5.74) is 1.01. The highest BCUT2D eigenvalue weighted by molar-refractivity contribution is 6.28. The van der Waals surface area contributed by atoms with Gasteiger partial charge in [0.15, 0.2) is 17.0 Å². The molecule has 0 spiro atoms. The molecule has 3 rings (SSSR count). The lowest BCUT2D eigenvalue weighted by Crippen LogP contribution is -2.11. The number of hydrogen-bond acceptors (Lipinski definition) is 5. The van der Waals surface area contributed by atoms with E-state index < -0.39 is 5.78 Å². The zero-order valence-electron chi connectivity index (χ0n) is 15.2. The van der Waals surface area contributed by atoms with Crippen LogP contribution >= 0.6 is 0 Å². The number of ether oxygens (including phenoxy) is 1. The Balaban J connectivity index is 2.17. The van der Waals surface area contributed by atoms with Crippen LogP contribution in [-0.4, -0.2) is 18.7 Å². The van der Waals surface area contributed by atoms with E-state index in [2.05, 4.69) is 0 Å². The second kappa shape index (κ2) is 7.41. The standard InChI is InChI=1S/C22H18O5/c1-13-10-20(24)18-9-5-7-16(22(18)27-13)12-19(14(2)23)21(25)15-6-4-8-17(11-15)26-3/h4-12H,1-3H3/b19-12-. The maximum atomic E-state index is 12.9. The van der Waals surface area contributed by atoms with E-state index in [4.69, 9.17) is 9.15 Å². The molecule has 5 heteroatoms. The zero-order valence-corrected chi connectivity index (χ0v) is 15.2. The van der Waals surface area contributed by atoms with E-state index in [1.165, 1.54) is 26.2 Å². The van der Waals surface area contributed by atoms with E-state index in [1.807, 2.05) is 0 Å². The Bertz CT molecular complexity index is 1130. The summed E-state index contributed by atoms with van der Waals surface area (Å²) in [6.07, 6.45) is 1.47. The van der Waals surface area contributed by atoms with Gasteiger partial charge in [-0.2, -0.15) is 0 Å². The number of fused-ring (bicyclic) bond motifs is 1. The van der Waals surface area contributed by atoms with Gasteiger partial charge in [0.25, 0.3) is 0 Å². The van der Waals surface area contributed by atoms with Gasteiger partial charge in [0, 0.05) is 17.2 Å². The van der Waals surface area contributed by atoms with Crippen LogP contribution in [0.2, 0.25) is 0 Å². The molecule has 2 aromatic carbocycles. The van der Waals surface area contributed by atoms with Crippen molar-refractivity contribution >= 4 is 28.6 Å². The summed E-state index contributed by atoms with van der Waals surface area (Å²) < 4.78 is 10.8. The Morgan fingerprint density at radius 1 is 1.07 bits per heavy atom. The normalized spacial score (nSPS) is 11.4. The highest BCUT2D eigenvalue weighted by atomic mass is 16.5. The monoisotopic (exact) mass is 362 g/mol. The minimum absolute atomic E-state index is 0.0000850. The van der Waals surface area contributed by atoms with Gasteiger partial charge in [-0.15, -0.1) is 0 Å². The van der Waals surface area contributed by atoms with Gasteiger partial charge >= 0.3 is 0 Å². The summed E-state index contributed by atoms with van der Waals surface area (Å²) >= 11 is 0. The van der Waals surface area contributed by atoms with Crippen molar-refractivity contribution in [1.82, 2.24) is 0 Å². The van der Waals surface area contributed by atoms with Crippen LogP contribution < -0.4 is 10.2 Å². The molecular weight excluding hydrogens is 344 g/mol. The number of hydrogen-bond donors (Lipinski definition) is 0. The first-order valence-corrected chi connectivity index (χ1v) is 8.35. The molecule has 0 aliphatic heterocycles. The fraction of sp³-hybridized carbons (Fsp3) is 0.136. The number of allylic oxidation sites excluding steroid dienone is 1. The molecule has 0 N–H and O–H groups in total. The molecule has 0 atom stereocenters. The summed E-state index contributed by atoms with van der Waals surface area (Å²) in [6.45, 7) is 3.01. The number of carbonyl (C=O) groups excluding carboxylic acids is 2. The van der Waals surface area contributed by atoms with Gasteiger partial charge in [0.2, 0.25) is 0 Å². The van der Waals surface area contributed by atoms with Crippen LogP contribution in [0.3, 0.4) is 0 Å². The third kappa shape index (κ3) is 3.72. The van der Waals surface area contributed by atoms with E-state index in [1.54, 1.807) is 49.4 Å². The van der Waals surface area contributed by atoms with E-state index in [9.17, 15) is 14.4 Å². The molecule has 5 nitrogen and oxygen atoms in total. The molecule has 0 aliphatic rings. The fourth-order valence-electron chi connectivity index (χ4n) is 2.83. The van der Waals surface area contributed by atoms with Crippen LogP contribution in [0.15, 0.2) is 63.3 Å². The largest absolute Gasteiger partial charge is 0.497 e. The van der Waals surface area contributed by atoms with Crippen molar-refractivity contribution in [2.24, 2.45) is 0 Å². The van der Waals surface area contributed by atoms with Crippen LogP contribution in [-0.2, 0) is 4.79 Å². The van der Waals surface area contributed by atoms with E-state index in [0.717, 1.165) is 0 Å². The van der Waals surface area contributed by atoms with E-state index in [-0.39, 0.29) is 16.8 Å². The number of methoxy groups -OCH3 is 1. The predicted molar refractivity (Wildman–Crippen MR) is 103 cm³/mol. The highest BCUT2D eigenvalue weighted by Gasteiger charge is 2.18. The molecule has 0 radical (unpaired) electrons. The third-order valence-electron chi connectivity index (χ3n) is 4.16. The average molecular weight is 362 g/mol. The van der Waals surface area contributed by atoms with Crippen LogP contribution in [0.25, 0.3) is 17.0 Å². The number of rotatable bonds is 5. The first-order valence-electron chi connectivity index (χ1n) is 8.35. The number of benzene rings is 2. The molecule has 0 bridgehead atoms. The third-order valence-corrected chi connectivity index (χ3v) is 4.16. The van der Waals surface area contributed by atoms with Gasteiger partial charge in [-0.05, 0) is 38.1 Å². The maximum Gasteiger partial charge on any atom is 0.196 e. The number of aryl methyl sites for hydroxylation is 1. The summed E-state index contributed by atoms with van der Waals surface area (Å²) in [6, 6.07) is 13.0. The Labute approximate surface area is 155 Å². The van der Waals surface area contributed by atoms with Crippen LogP contribution in [0, 0.1) is 6.92 Å². The minimum Gasteiger partial charge on any atom is -0.497 e. The van der Waals surface area contributed by atoms with Gasteiger partial charge in [0.05, 0.1) is 18.1 Å². The smallest absolute Gasteiger partial charge is 0.196 e. The van der Waals surface area contributed by atoms with Crippen molar-refractivity contribution in [3.63, 3.8) is 0 Å². The van der Waals surface area contributed by atoms with Crippen molar-refractivity contribution in [2.45, 2.75) is 13.8 Å². The van der Waals surface area contributed by atoms with Crippen molar-refractivity contribution in [3.05, 3.63) is 81.2 Å². The first kappa shape index (κ1) is 18.3. The first-order chi connectivity index (χ1) is 12.9. The summed E-state index contributed by atoms with van der Waals surface area (Å²) in [4.78, 5) is 37.2. The Morgan fingerprint density at radius 3 is 2.52 bits per heavy atom. The average Bonchev–Trinajstić information content (AvgIpc) is 2.65. The molecule has 27 heavy (non-hydrogen) atoms. The second-order valence-electron chi connectivity index (χ2n) is 6.12. The van der Waals surface area contributed by atoms with Gasteiger partial charge in [-0.25, -0.2) is 0 Å². The molecule has 0 aliphatic carbocycles. The summed E-state index contributed by atoms with van der Waals surface area (Å²) in [5.74, 6) is 0.176. The molecule has 1 aromatic heterocycles. The van der Waals surface area contributed by atoms with Crippen molar-refractivity contribution in [2.75, 3.05) is 7.11 Å². The number of ketones is 2. The van der Waals surface area contributed by atoms with Crippen LogP contribution in [0.4, 0.5) is 0 Å².